The van der Waals surface area contributed by atoms with Crippen LogP contribution in [0.15, 0.2) is 18.2 Å². The molecule has 0 aliphatic carbocycles. The van der Waals surface area contributed by atoms with Crippen LogP contribution in [0.3, 0.4) is 0 Å². The van der Waals surface area contributed by atoms with Crippen molar-refractivity contribution in [3.8, 4) is 11.5 Å². The van der Waals surface area contributed by atoms with Gasteiger partial charge in [0.2, 0.25) is 14.1 Å². The average Bonchev–Trinajstić information content (AvgIpc) is 2.76. The predicted molar refractivity (Wildman–Crippen MR) is 117 cm³/mol. The molecule has 1 aromatic rings. The molecule has 1 aromatic carbocycles. The first-order chi connectivity index (χ1) is 11.5. The lowest BCUT2D eigenvalue weighted by Crippen LogP contribution is -2.43. The molecule has 0 amide bonds. The molecule has 26 heavy (non-hydrogen) atoms. The Hall–Kier alpha value is -0.786. The van der Waals surface area contributed by atoms with Crippen LogP contribution in [0.2, 0.25) is 36.3 Å². The van der Waals surface area contributed by atoms with Crippen molar-refractivity contribution in [2.24, 2.45) is 0 Å². The monoisotopic (exact) mass is 414 g/mol. The summed E-state index contributed by atoms with van der Waals surface area (Å²) in [6.07, 6.45) is 0. The maximum Gasteiger partial charge on any atom is 0.250 e. The minimum Gasteiger partial charge on any atom is -0.543 e. The summed E-state index contributed by atoms with van der Waals surface area (Å²) in [5.74, 6) is 1.50. The highest BCUT2D eigenvalue weighted by molar-refractivity contribution is 7.20. The summed E-state index contributed by atoms with van der Waals surface area (Å²) >= 11 is 6.15. The molecule has 2 rings (SSSR count). The highest BCUT2D eigenvalue weighted by Crippen LogP contribution is 2.39. The Morgan fingerprint density at radius 1 is 1.00 bits per heavy atom. The third kappa shape index (κ3) is 5.86. The topological polar surface area (TPSA) is 35.5 Å². The van der Waals surface area contributed by atoms with Gasteiger partial charge < -0.3 is 9.16 Å². The van der Waals surface area contributed by atoms with Gasteiger partial charge in [0, 0.05) is 6.07 Å². The van der Waals surface area contributed by atoms with Crippen LogP contribution in [0.25, 0.3) is 0 Å². The van der Waals surface area contributed by atoms with Gasteiger partial charge in [0.15, 0.2) is 14.0 Å². The third-order valence-electron chi connectivity index (χ3n) is 5.57. The molecule has 3 nitrogen and oxygen atoms in total. The maximum absolute atomic E-state index is 11.5. The van der Waals surface area contributed by atoms with Crippen molar-refractivity contribution in [2.45, 2.75) is 77.8 Å². The van der Waals surface area contributed by atoms with E-state index in [1.165, 1.54) is 0 Å². The fraction of sp³-hybridized carbons (Fsp3) is 0.650. The summed E-state index contributed by atoms with van der Waals surface area (Å²) in [6.45, 7) is 22.1. The van der Waals surface area contributed by atoms with Crippen LogP contribution in [-0.2, 0) is 0 Å². The van der Waals surface area contributed by atoms with Crippen LogP contribution >= 0.6 is 11.1 Å². The molecule has 0 bridgehead atoms. The summed E-state index contributed by atoms with van der Waals surface area (Å²) in [7, 11) is -3.22. The third-order valence-corrected chi connectivity index (χ3v) is 15.2. The summed E-state index contributed by atoms with van der Waals surface area (Å²) < 4.78 is 11.5. The van der Waals surface area contributed by atoms with E-state index in [-0.39, 0.29) is 17.4 Å². The van der Waals surface area contributed by atoms with Gasteiger partial charge in [-0.3, -0.25) is 4.79 Å². The first-order valence-corrected chi connectivity index (χ1v) is 16.1. The van der Waals surface area contributed by atoms with E-state index in [1.807, 2.05) is 12.1 Å². The number of ether oxygens (including phenoxy) is 1. The summed E-state index contributed by atoms with van der Waals surface area (Å²) in [4.78, 5) is 11.5. The van der Waals surface area contributed by atoms with Gasteiger partial charge in [-0.25, -0.2) is 0 Å². The first-order valence-electron chi connectivity index (χ1n) is 9.14. The molecule has 0 radical (unpaired) electrons. The Kier molecular flexibility index (Phi) is 6.87. The standard InChI is InChI=1S/C14H20O3Si.C6H15ClSi/c1-14(2,3)18(4,5)17-10-6-7-11-12(15)9-16-13(11)8-10;1-6(2,3)8(4,5)7/h6-8H,9H2,1-5H3;1-5H3. The van der Waals surface area contributed by atoms with Gasteiger partial charge in [0.05, 0.1) is 5.56 Å². The second-order valence-corrected chi connectivity index (χ2v) is 22.0. The summed E-state index contributed by atoms with van der Waals surface area (Å²) in [6, 6.07) is 5.50. The van der Waals surface area contributed by atoms with Crippen molar-refractivity contribution in [2.75, 3.05) is 6.61 Å². The van der Waals surface area contributed by atoms with Crippen molar-refractivity contribution in [3.63, 3.8) is 0 Å². The second kappa shape index (κ2) is 7.68. The fourth-order valence-corrected chi connectivity index (χ4v) is 2.61. The quantitative estimate of drug-likeness (QED) is 0.391. The lowest BCUT2D eigenvalue weighted by Gasteiger charge is -2.36. The van der Waals surface area contributed by atoms with E-state index in [1.54, 1.807) is 6.07 Å². The number of benzene rings is 1. The predicted octanol–water partition coefficient (Wildman–Crippen LogP) is 6.88. The lowest BCUT2D eigenvalue weighted by molar-refractivity contribution is 0.0961. The number of carbonyl (C=O) groups is 1. The van der Waals surface area contributed by atoms with Crippen molar-refractivity contribution in [1.29, 1.82) is 0 Å². The molecular formula is C20H35ClO3Si2. The minimum atomic E-state index is -1.84. The zero-order valence-corrected chi connectivity index (χ0v) is 20.8. The van der Waals surface area contributed by atoms with Crippen LogP contribution in [0.5, 0.6) is 11.5 Å². The zero-order valence-electron chi connectivity index (χ0n) is 18.0. The number of rotatable bonds is 2. The summed E-state index contributed by atoms with van der Waals surface area (Å²) in [5, 5.41) is 0.497. The van der Waals surface area contributed by atoms with E-state index in [9.17, 15) is 4.79 Å². The van der Waals surface area contributed by atoms with Crippen LogP contribution in [0, 0.1) is 0 Å². The number of ketones is 1. The number of hydrogen-bond donors (Lipinski definition) is 0. The van der Waals surface area contributed by atoms with Gasteiger partial charge in [0.25, 0.3) is 0 Å². The highest BCUT2D eigenvalue weighted by atomic mass is 35.6. The van der Waals surface area contributed by atoms with Crippen molar-refractivity contribution < 1.29 is 14.0 Å². The second-order valence-electron chi connectivity index (χ2n) is 9.95. The molecule has 0 fully saturated rings. The highest BCUT2D eigenvalue weighted by Gasteiger charge is 2.39. The summed E-state index contributed by atoms with van der Waals surface area (Å²) in [5.41, 5.74) is 0.664. The molecule has 0 unspecified atom stereocenters. The maximum atomic E-state index is 11.5. The number of carbonyl (C=O) groups excluding carboxylic acids is 1. The number of fused-ring (bicyclic) bond motifs is 1. The van der Waals surface area contributed by atoms with Crippen LogP contribution < -0.4 is 9.16 Å². The number of Topliss-reactive ketones (excluding diaryl/α,β-unsaturated/α-hetero) is 1. The molecule has 1 aliphatic heterocycles. The normalized spacial score (nSPS) is 15.0. The molecule has 0 aromatic heterocycles. The van der Waals surface area contributed by atoms with Crippen LogP contribution in [0.1, 0.15) is 51.9 Å². The van der Waals surface area contributed by atoms with E-state index >= 15 is 0 Å². The van der Waals surface area contributed by atoms with Crippen LogP contribution in [0.4, 0.5) is 0 Å². The van der Waals surface area contributed by atoms with Gasteiger partial charge in [-0.05, 0) is 35.3 Å². The Balaban J connectivity index is 0.000000359. The molecular weight excluding hydrogens is 380 g/mol. The molecule has 0 saturated heterocycles. The molecule has 0 saturated carbocycles. The number of halogens is 1. The zero-order chi connectivity index (χ0) is 20.6. The lowest BCUT2D eigenvalue weighted by atomic mass is 10.1. The molecule has 0 spiro atoms. The van der Waals surface area contributed by atoms with Gasteiger partial charge in [0.1, 0.15) is 11.5 Å². The largest absolute Gasteiger partial charge is 0.543 e. The van der Waals surface area contributed by atoms with Gasteiger partial charge in [-0.1, -0.05) is 54.6 Å². The molecule has 6 heteroatoms. The minimum absolute atomic E-state index is 0.0453. The van der Waals surface area contributed by atoms with E-state index < -0.39 is 15.7 Å². The van der Waals surface area contributed by atoms with Crippen molar-refractivity contribution in [1.82, 2.24) is 0 Å². The van der Waals surface area contributed by atoms with Crippen LogP contribution in [-0.4, -0.2) is 28.1 Å². The first kappa shape index (κ1) is 23.3. The Labute approximate surface area is 166 Å². The van der Waals surface area contributed by atoms with E-state index in [2.05, 4.69) is 67.7 Å². The van der Waals surface area contributed by atoms with Gasteiger partial charge in [-0.15, -0.1) is 0 Å². The van der Waals surface area contributed by atoms with Crippen molar-refractivity contribution in [3.05, 3.63) is 23.8 Å². The Morgan fingerprint density at radius 3 is 1.92 bits per heavy atom. The molecule has 1 heterocycles. The van der Waals surface area contributed by atoms with Gasteiger partial charge in [-0.2, -0.15) is 11.1 Å². The Bertz CT molecular complexity index is 638. The smallest absolute Gasteiger partial charge is 0.250 e. The van der Waals surface area contributed by atoms with E-state index in [4.69, 9.17) is 20.2 Å². The Morgan fingerprint density at radius 2 is 1.50 bits per heavy atom. The SMILES string of the molecule is CC(C)(C)[Si](C)(C)Cl.CC(C)(C)[Si](C)(C)Oc1ccc2c(c1)OCC2=O. The van der Waals surface area contributed by atoms with Gasteiger partial charge >= 0.3 is 0 Å². The van der Waals surface area contributed by atoms with E-state index in [0.717, 1.165) is 5.75 Å². The molecule has 0 N–H and O–H groups in total. The number of hydrogen-bond acceptors (Lipinski definition) is 3. The van der Waals surface area contributed by atoms with E-state index in [0.29, 0.717) is 16.4 Å². The average molecular weight is 415 g/mol. The molecule has 1 aliphatic rings. The fourth-order valence-electron chi connectivity index (χ4n) is 1.58. The van der Waals surface area contributed by atoms with Crippen molar-refractivity contribution >= 4 is 32.6 Å². The molecule has 148 valence electrons. The molecule has 0 atom stereocenters.